The number of urea groups is 1. The summed E-state index contributed by atoms with van der Waals surface area (Å²) in [5.74, 6) is 0.773. The van der Waals surface area contributed by atoms with E-state index in [4.69, 9.17) is 5.73 Å². The maximum Gasteiger partial charge on any atom is 0.332 e. The van der Waals surface area contributed by atoms with Crippen LogP contribution in [0.1, 0.15) is 59.3 Å². The minimum Gasteiger partial charge on any atom is -0.350 e. The largest absolute Gasteiger partial charge is 0.350 e. The third-order valence-electron chi connectivity index (χ3n) is 3.78. The summed E-state index contributed by atoms with van der Waals surface area (Å²) in [6.07, 6.45) is 7.64. The number of hydrazone groups is 1. The van der Waals surface area contributed by atoms with E-state index in [0.717, 1.165) is 18.1 Å². The Morgan fingerprint density at radius 1 is 1.35 bits per heavy atom. The molecule has 1 aliphatic rings. The zero-order valence-corrected chi connectivity index (χ0v) is 11.3. The van der Waals surface area contributed by atoms with E-state index >= 15 is 0 Å². The average molecular weight is 239 g/mol. The second kappa shape index (κ2) is 6.03. The number of hydrogen-bond acceptors (Lipinski definition) is 2. The maximum atomic E-state index is 10.6. The van der Waals surface area contributed by atoms with E-state index in [-0.39, 0.29) is 5.41 Å². The number of nitrogens with two attached hydrogens (primary N) is 1. The lowest BCUT2D eigenvalue weighted by Gasteiger charge is -2.37. The molecule has 1 saturated carbocycles. The molecule has 2 amide bonds. The van der Waals surface area contributed by atoms with Crippen molar-refractivity contribution < 1.29 is 4.79 Å². The lowest BCUT2D eigenvalue weighted by atomic mass is 9.69. The van der Waals surface area contributed by atoms with Crippen LogP contribution in [-0.4, -0.2) is 11.7 Å². The Kier molecular flexibility index (Phi) is 4.97. The Labute approximate surface area is 104 Å². The number of rotatable bonds is 4. The zero-order chi connectivity index (χ0) is 12.9. The molecule has 0 aromatic heterocycles. The monoisotopic (exact) mass is 239 g/mol. The fourth-order valence-electron chi connectivity index (χ4n) is 2.88. The number of nitrogens with zero attached hydrogens (tertiary/aromatic N) is 1. The lowest BCUT2D eigenvalue weighted by Crippen LogP contribution is -2.30. The van der Waals surface area contributed by atoms with Crippen molar-refractivity contribution in [3.8, 4) is 0 Å². The quantitative estimate of drug-likeness (QED) is 0.574. The second-order valence-corrected chi connectivity index (χ2v) is 5.82. The Balaban J connectivity index is 2.52. The predicted molar refractivity (Wildman–Crippen MR) is 70.8 cm³/mol. The lowest BCUT2D eigenvalue weighted by molar-refractivity contribution is 0.165. The molecule has 4 heteroatoms. The van der Waals surface area contributed by atoms with Crippen LogP contribution in [0.3, 0.4) is 0 Å². The number of carbonyl (C=O) groups excluding carboxylic acids is 1. The highest BCUT2D eigenvalue weighted by molar-refractivity contribution is 5.84. The van der Waals surface area contributed by atoms with Gasteiger partial charge in [0.05, 0.1) is 0 Å². The minimum absolute atomic E-state index is 0.257. The van der Waals surface area contributed by atoms with E-state index in [1.165, 1.54) is 32.1 Å². The molecular formula is C13H25N3O. The SMILES string of the molecule is CC(CC(C)(C)C1CCCCC1)=NNC(N)=O. The van der Waals surface area contributed by atoms with Gasteiger partial charge in [0.25, 0.3) is 0 Å². The van der Waals surface area contributed by atoms with Crippen LogP contribution in [-0.2, 0) is 0 Å². The van der Waals surface area contributed by atoms with Crippen molar-refractivity contribution in [3.63, 3.8) is 0 Å². The third-order valence-corrected chi connectivity index (χ3v) is 3.78. The molecule has 0 radical (unpaired) electrons. The Morgan fingerprint density at radius 2 is 1.94 bits per heavy atom. The Hall–Kier alpha value is -1.06. The summed E-state index contributed by atoms with van der Waals surface area (Å²) in [4.78, 5) is 10.6. The molecule has 3 N–H and O–H groups in total. The van der Waals surface area contributed by atoms with Crippen molar-refractivity contribution in [2.24, 2.45) is 22.2 Å². The van der Waals surface area contributed by atoms with Gasteiger partial charge in [-0.15, -0.1) is 0 Å². The summed E-state index contributed by atoms with van der Waals surface area (Å²) in [5, 5.41) is 4.00. The van der Waals surface area contributed by atoms with E-state index < -0.39 is 6.03 Å². The zero-order valence-electron chi connectivity index (χ0n) is 11.3. The van der Waals surface area contributed by atoms with Gasteiger partial charge in [0.1, 0.15) is 0 Å². The number of amides is 2. The van der Waals surface area contributed by atoms with E-state index in [2.05, 4.69) is 24.4 Å². The van der Waals surface area contributed by atoms with Gasteiger partial charge >= 0.3 is 6.03 Å². The predicted octanol–water partition coefficient (Wildman–Crippen LogP) is 3.03. The van der Waals surface area contributed by atoms with Crippen LogP contribution >= 0.6 is 0 Å². The molecule has 0 spiro atoms. The smallest absolute Gasteiger partial charge is 0.332 e. The van der Waals surface area contributed by atoms with Gasteiger partial charge in [-0.2, -0.15) is 5.10 Å². The summed E-state index contributed by atoms with van der Waals surface area (Å²) in [6, 6.07) is -0.597. The first-order chi connectivity index (χ1) is 7.92. The van der Waals surface area contributed by atoms with Gasteiger partial charge in [0.2, 0.25) is 0 Å². The normalized spacial score (nSPS) is 19.1. The first-order valence-electron chi connectivity index (χ1n) is 6.50. The molecule has 17 heavy (non-hydrogen) atoms. The number of carbonyl (C=O) groups is 1. The van der Waals surface area contributed by atoms with E-state index in [9.17, 15) is 4.79 Å². The highest BCUT2D eigenvalue weighted by atomic mass is 16.2. The average Bonchev–Trinajstić information content (AvgIpc) is 2.27. The van der Waals surface area contributed by atoms with Crippen molar-refractivity contribution in [2.45, 2.75) is 59.3 Å². The van der Waals surface area contributed by atoms with Crippen LogP contribution in [0.4, 0.5) is 4.79 Å². The van der Waals surface area contributed by atoms with Crippen LogP contribution in [0.15, 0.2) is 5.10 Å². The number of primary amides is 1. The van der Waals surface area contributed by atoms with E-state index in [0.29, 0.717) is 0 Å². The van der Waals surface area contributed by atoms with Crippen LogP contribution in [0.2, 0.25) is 0 Å². The molecule has 0 aromatic rings. The summed E-state index contributed by atoms with van der Waals surface area (Å²) in [7, 11) is 0. The summed E-state index contributed by atoms with van der Waals surface area (Å²) in [5.41, 5.74) is 8.49. The van der Waals surface area contributed by atoms with Crippen LogP contribution in [0.5, 0.6) is 0 Å². The van der Waals surface area contributed by atoms with Crippen molar-refractivity contribution in [1.82, 2.24) is 5.43 Å². The Morgan fingerprint density at radius 3 is 2.47 bits per heavy atom. The summed E-state index contributed by atoms with van der Waals surface area (Å²) < 4.78 is 0. The topological polar surface area (TPSA) is 67.5 Å². The fourth-order valence-corrected chi connectivity index (χ4v) is 2.88. The van der Waals surface area contributed by atoms with Crippen molar-refractivity contribution in [2.75, 3.05) is 0 Å². The molecule has 0 aromatic carbocycles. The molecule has 0 saturated heterocycles. The molecule has 1 fully saturated rings. The van der Waals surface area contributed by atoms with Gasteiger partial charge in [-0.05, 0) is 37.5 Å². The van der Waals surface area contributed by atoms with Crippen molar-refractivity contribution in [1.29, 1.82) is 0 Å². The minimum atomic E-state index is -0.597. The third kappa shape index (κ3) is 4.75. The van der Waals surface area contributed by atoms with Crippen LogP contribution in [0.25, 0.3) is 0 Å². The van der Waals surface area contributed by atoms with E-state index in [1.54, 1.807) is 0 Å². The standard InChI is InChI=1S/C13H25N3O/c1-10(15-16-12(14)17)9-13(2,3)11-7-5-4-6-8-11/h11H,4-9H2,1-3H3,(H3,14,16,17). The number of nitrogens with one attached hydrogen (secondary N) is 1. The molecule has 0 heterocycles. The molecule has 0 unspecified atom stereocenters. The summed E-state index contributed by atoms with van der Waals surface area (Å²) in [6.45, 7) is 6.54. The van der Waals surface area contributed by atoms with Crippen molar-refractivity contribution in [3.05, 3.63) is 0 Å². The molecule has 1 rings (SSSR count). The second-order valence-electron chi connectivity index (χ2n) is 5.82. The first kappa shape index (κ1) is 14.0. The van der Waals surface area contributed by atoms with E-state index in [1.807, 2.05) is 6.92 Å². The van der Waals surface area contributed by atoms with Crippen LogP contribution < -0.4 is 11.2 Å². The Bertz CT molecular complexity index is 291. The first-order valence-corrected chi connectivity index (χ1v) is 6.50. The van der Waals surface area contributed by atoms with Gasteiger partial charge in [-0.1, -0.05) is 33.1 Å². The summed E-state index contributed by atoms with van der Waals surface area (Å²) >= 11 is 0. The molecular weight excluding hydrogens is 214 g/mol. The van der Waals surface area contributed by atoms with Gasteiger partial charge in [-0.3, -0.25) is 0 Å². The van der Waals surface area contributed by atoms with Gasteiger partial charge in [0.15, 0.2) is 0 Å². The maximum absolute atomic E-state index is 10.6. The highest BCUT2D eigenvalue weighted by Gasteiger charge is 2.30. The molecule has 0 atom stereocenters. The van der Waals surface area contributed by atoms with Crippen molar-refractivity contribution >= 4 is 11.7 Å². The fraction of sp³-hybridized carbons (Fsp3) is 0.846. The van der Waals surface area contributed by atoms with Crippen LogP contribution in [0, 0.1) is 11.3 Å². The molecule has 4 nitrogen and oxygen atoms in total. The molecule has 1 aliphatic carbocycles. The molecule has 98 valence electrons. The van der Waals surface area contributed by atoms with Gasteiger partial charge in [0, 0.05) is 5.71 Å². The molecule has 0 aliphatic heterocycles. The van der Waals surface area contributed by atoms with Gasteiger partial charge in [-0.25, -0.2) is 10.2 Å². The number of hydrogen-bond donors (Lipinski definition) is 2. The van der Waals surface area contributed by atoms with Gasteiger partial charge < -0.3 is 5.73 Å². The highest BCUT2D eigenvalue weighted by Crippen LogP contribution is 2.40. The molecule has 0 bridgehead atoms.